The molecule has 0 saturated heterocycles. The minimum atomic E-state index is -3.76. The molecule has 10 nitrogen and oxygen atoms in total. The molecule has 0 bridgehead atoms. The molecule has 128 valence electrons. The Kier molecular flexibility index (Phi) is 2.70. The fourth-order valence-electron chi connectivity index (χ4n) is 3.02. The monoisotopic (exact) mass is 359 g/mol. The van der Waals surface area contributed by atoms with Gasteiger partial charge < -0.3 is 10.3 Å². The van der Waals surface area contributed by atoms with Gasteiger partial charge in [0.15, 0.2) is 5.82 Å². The molecule has 1 aliphatic carbocycles. The van der Waals surface area contributed by atoms with E-state index in [4.69, 9.17) is 10.3 Å². The molecule has 1 aromatic carbocycles. The van der Waals surface area contributed by atoms with E-state index in [0.29, 0.717) is 17.1 Å². The maximum absolute atomic E-state index is 12.5. The van der Waals surface area contributed by atoms with Crippen LogP contribution in [0.15, 0.2) is 33.9 Å². The van der Waals surface area contributed by atoms with E-state index >= 15 is 0 Å². The van der Waals surface area contributed by atoms with Crippen LogP contribution in [0.5, 0.6) is 0 Å². The van der Waals surface area contributed by atoms with Crippen molar-refractivity contribution in [2.24, 2.45) is 5.73 Å². The number of aromatic nitrogens is 5. The molecule has 3 aromatic rings. The first kappa shape index (κ1) is 14.5. The largest absolute Gasteiger partial charge is 0.334 e. The molecule has 1 fully saturated rings. The standard InChI is InChI=1S/C14H13N7O3S/c15-14(4-1-5-14)12-18-11(24-19-12)8-2-3-9-10(6-8)25(22,23)20-13-16-7-17-21(9)13/h2-3,6-7H,1,4-5,15H2,(H,16,17,20). The first-order valence-electron chi connectivity index (χ1n) is 7.67. The number of hydrogen-bond acceptors (Lipinski definition) is 8. The van der Waals surface area contributed by atoms with E-state index in [9.17, 15) is 8.42 Å². The van der Waals surface area contributed by atoms with Crippen LogP contribution in [0.2, 0.25) is 0 Å². The number of sulfonamides is 1. The predicted octanol–water partition coefficient (Wildman–Crippen LogP) is 0.769. The van der Waals surface area contributed by atoms with Crippen molar-refractivity contribution in [1.29, 1.82) is 0 Å². The Bertz CT molecular complexity index is 1100. The smallest absolute Gasteiger partial charge is 0.266 e. The molecule has 3 N–H and O–H groups in total. The summed E-state index contributed by atoms with van der Waals surface area (Å²) in [6.07, 6.45) is 3.93. The van der Waals surface area contributed by atoms with Crippen molar-refractivity contribution in [2.75, 3.05) is 4.72 Å². The topological polar surface area (TPSA) is 142 Å². The van der Waals surface area contributed by atoms with Gasteiger partial charge in [-0.2, -0.15) is 19.7 Å². The van der Waals surface area contributed by atoms with Crippen molar-refractivity contribution >= 4 is 16.0 Å². The highest BCUT2D eigenvalue weighted by Gasteiger charge is 2.39. The van der Waals surface area contributed by atoms with E-state index in [1.807, 2.05) is 0 Å². The van der Waals surface area contributed by atoms with E-state index in [1.54, 1.807) is 12.1 Å². The molecule has 1 saturated carbocycles. The quantitative estimate of drug-likeness (QED) is 0.683. The molecule has 2 aromatic heterocycles. The Morgan fingerprint density at radius 1 is 1.32 bits per heavy atom. The minimum Gasteiger partial charge on any atom is -0.334 e. The summed E-state index contributed by atoms with van der Waals surface area (Å²) in [5.74, 6) is 0.829. The number of anilines is 1. The Morgan fingerprint density at radius 2 is 2.16 bits per heavy atom. The second-order valence-corrected chi connectivity index (χ2v) is 7.87. The van der Waals surface area contributed by atoms with Crippen LogP contribution in [0.4, 0.5) is 5.95 Å². The van der Waals surface area contributed by atoms with Gasteiger partial charge in [-0.25, -0.2) is 13.1 Å². The predicted molar refractivity (Wildman–Crippen MR) is 85.2 cm³/mol. The van der Waals surface area contributed by atoms with Gasteiger partial charge in [0.2, 0.25) is 5.95 Å². The first-order chi connectivity index (χ1) is 12.0. The minimum absolute atomic E-state index is 0.0638. The molecule has 5 rings (SSSR count). The molecule has 25 heavy (non-hydrogen) atoms. The molecular formula is C14H13N7O3S. The number of nitrogens with zero attached hydrogens (tertiary/aromatic N) is 5. The summed E-state index contributed by atoms with van der Waals surface area (Å²) in [5.41, 5.74) is 6.56. The summed E-state index contributed by atoms with van der Waals surface area (Å²) in [6, 6.07) is 4.81. The van der Waals surface area contributed by atoms with Crippen molar-refractivity contribution in [1.82, 2.24) is 24.9 Å². The molecule has 2 aliphatic rings. The third-order valence-electron chi connectivity index (χ3n) is 4.62. The third-order valence-corrected chi connectivity index (χ3v) is 5.97. The highest BCUT2D eigenvalue weighted by atomic mass is 32.2. The molecule has 1 aliphatic heterocycles. The van der Waals surface area contributed by atoms with Gasteiger partial charge in [0.05, 0.1) is 11.2 Å². The Balaban J connectivity index is 1.62. The average molecular weight is 359 g/mol. The number of fused-ring (bicyclic) bond motifs is 3. The van der Waals surface area contributed by atoms with Crippen LogP contribution in [-0.2, 0) is 15.6 Å². The number of rotatable bonds is 2. The van der Waals surface area contributed by atoms with E-state index in [0.717, 1.165) is 19.3 Å². The van der Waals surface area contributed by atoms with Crippen molar-refractivity contribution in [2.45, 2.75) is 29.7 Å². The van der Waals surface area contributed by atoms with Crippen molar-refractivity contribution in [3.8, 4) is 17.1 Å². The van der Waals surface area contributed by atoms with Crippen LogP contribution >= 0.6 is 0 Å². The molecular weight excluding hydrogens is 346 g/mol. The SMILES string of the molecule is NC1(c2noc(-c3ccc4c(c3)S(=O)(=O)Nc3ncnn3-4)n2)CCC1. The van der Waals surface area contributed by atoms with E-state index in [-0.39, 0.29) is 16.7 Å². The van der Waals surface area contributed by atoms with Gasteiger partial charge in [-0.3, -0.25) is 0 Å². The van der Waals surface area contributed by atoms with Gasteiger partial charge >= 0.3 is 0 Å². The van der Waals surface area contributed by atoms with Crippen LogP contribution in [0.1, 0.15) is 25.1 Å². The van der Waals surface area contributed by atoms with Gasteiger partial charge in [0, 0.05) is 5.56 Å². The van der Waals surface area contributed by atoms with Crippen molar-refractivity contribution in [3.05, 3.63) is 30.4 Å². The van der Waals surface area contributed by atoms with Crippen LogP contribution in [0, 0.1) is 0 Å². The van der Waals surface area contributed by atoms with Crippen LogP contribution < -0.4 is 10.5 Å². The zero-order valence-corrected chi connectivity index (χ0v) is 13.7. The normalized spacial score (nSPS) is 19.4. The second-order valence-electron chi connectivity index (χ2n) is 6.22. The Morgan fingerprint density at radius 3 is 2.92 bits per heavy atom. The van der Waals surface area contributed by atoms with E-state index in [1.165, 1.54) is 17.1 Å². The lowest BCUT2D eigenvalue weighted by molar-refractivity contribution is 0.229. The number of hydrogen-bond donors (Lipinski definition) is 2. The molecule has 0 radical (unpaired) electrons. The molecule has 3 heterocycles. The highest BCUT2D eigenvalue weighted by Crippen LogP contribution is 2.38. The van der Waals surface area contributed by atoms with Crippen molar-refractivity contribution in [3.63, 3.8) is 0 Å². The van der Waals surface area contributed by atoms with Crippen LogP contribution in [0.3, 0.4) is 0 Å². The number of benzene rings is 1. The maximum Gasteiger partial charge on any atom is 0.266 e. The summed E-state index contributed by atoms with van der Waals surface area (Å²) in [6.45, 7) is 0. The van der Waals surface area contributed by atoms with E-state index < -0.39 is 15.6 Å². The molecule has 0 atom stereocenters. The molecule has 0 amide bonds. The second kappa shape index (κ2) is 4.64. The zero-order valence-electron chi connectivity index (χ0n) is 12.9. The van der Waals surface area contributed by atoms with Gasteiger partial charge in [-0.1, -0.05) is 5.16 Å². The summed E-state index contributed by atoms with van der Waals surface area (Å²) in [7, 11) is -3.76. The Labute approximate surface area is 142 Å². The van der Waals surface area contributed by atoms with Crippen LogP contribution in [0.25, 0.3) is 17.1 Å². The highest BCUT2D eigenvalue weighted by molar-refractivity contribution is 7.93. The van der Waals surface area contributed by atoms with E-state index in [2.05, 4.69) is 24.9 Å². The summed E-state index contributed by atoms with van der Waals surface area (Å²) >= 11 is 0. The average Bonchev–Trinajstić information content (AvgIpc) is 3.21. The summed E-state index contributed by atoms with van der Waals surface area (Å²) in [4.78, 5) is 8.30. The lowest BCUT2D eigenvalue weighted by Gasteiger charge is -2.34. The van der Waals surface area contributed by atoms with Gasteiger partial charge in [-0.05, 0) is 37.5 Å². The lowest BCUT2D eigenvalue weighted by Crippen LogP contribution is -2.44. The fourth-order valence-corrected chi connectivity index (χ4v) is 4.23. The summed E-state index contributed by atoms with van der Waals surface area (Å²) < 4.78 is 34.0. The fraction of sp³-hybridized carbons (Fsp3) is 0.286. The zero-order chi connectivity index (χ0) is 17.2. The van der Waals surface area contributed by atoms with Gasteiger partial charge in [0.25, 0.3) is 15.9 Å². The first-order valence-corrected chi connectivity index (χ1v) is 9.15. The van der Waals surface area contributed by atoms with Gasteiger partial charge in [-0.15, -0.1) is 0 Å². The van der Waals surface area contributed by atoms with Crippen LogP contribution in [-0.4, -0.2) is 33.3 Å². The molecule has 0 unspecified atom stereocenters. The Hall–Kier alpha value is -2.79. The third kappa shape index (κ3) is 2.02. The number of nitrogens with one attached hydrogen (secondary N) is 1. The molecule has 0 spiro atoms. The number of nitrogens with two attached hydrogens (primary N) is 1. The summed E-state index contributed by atoms with van der Waals surface area (Å²) in [5, 5.41) is 7.99. The lowest BCUT2D eigenvalue weighted by atomic mass is 9.77. The van der Waals surface area contributed by atoms with Crippen molar-refractivity contribution < 1.29 is 12.9 Å². The van der Waals surface area contributed by atoms with Gasteiger partial charge in [0.1, 0.15) is 11.2 Å². The molecule has 11 heteroatoms. The maximum atomic E-state index is 12.5.